The van der Waals surface area contributed by atoms with E-state index in [1.165, 1.54) is 12.4 Å². The van der Waals surface area contributed by atoms with Crippen LogP contribution in [-0.2, 0) is 0 Å². The topological polar surface area (TPSA) is 106 Å². The van der Waals surface area contributed by atoms with Crippen molar-refractivity contribution in [3.63, 3.8) is 0 Å². The molecule has 0 aliphatic heterocycles. The first kappa shape index (κ1) is 15.7. The lowest BCUT2D eigenvalue weighted by molar-refractivity contribution is 0.139. The Morgan fingerprint density at radius 2 is 2.10 bits per heavy atom. The summed E-state index contributed by atoms with van der Waals surface area (Å²) in [7, 11) is 0. The van der Waals surface area contributed by atoms with E-state index in [1.54, 1.807) is 18.3 Å². The molecule has 0 amide bonds. The van der Waals surface area contributed by atoms with Gasteiger partial charge in [0.2, 0.25) is 5.96 Å². The molecular weight excluding hydrogens is 258 g/mol. The average Bonchev–Trinajstić information content (AvgIpc) is 2.41. The number of rotatable bonds is 3. The molecule has 1 aromatic rings. The quantitative estimate of drug-likeness (QED) is 0.245. The van der Waals surface area contributed by atoms with Crippen molar-refractivity contribution in [2.75, 3.05) is 6.61 Å². The molecule has 0 radical (unpaired) electrons. The minimum Gasteiger partial charge on any atom is -0.429 e. The zero-order chi connectivity index (χ0) is 15.2. The molecule has 0 spiro atoms. The number of nitrogens with zero attached hydrogens (tertiary/aromatic N) is 4. The maximum Gasteiger partial charge on any atom is 0.232 e. The number of pyridine rings is 1. The third kappa shape index (κ3) is 4.40. The van der Waals surface area contributed by atoms with Crippen LogP contribution in [-0.4, -0.2) is 33.7 Å². The van der Waals surface area contributed by atoms with Crippen LogP contribution in [0, 0.1) is 16.9 Å². The first-order chi connectivity index (χ1) is 9.39. The SMILES string of the molecule is CC(N=C(N=c1ccn(O)cc1)NC#N)C(C)(C)CO. The van der Waals surface area contributed by atoms with Gasteiger partial charge < -0.3 is 10.3 Å². The van der Waals surface area contributed by atoms with Crippen LogP contribution in [0.15, 0.2) is 34.5 Å². The van der Waals surface area contributed by atoms with Gasteiger partial charge in [0.15, 0.2) is 6.19 Å². The van der Waals surface area contributed by atoms with Crippen LogP contribution in [0.25, 0.3) is 0 Å². The van der Waals surface area contributed by atoms with Crippen molar-refractivity contribution in [1.29, 1.82) is 5.26 Å². The van der Waals surface area contributed by atoms with Gasteiger partial charge in [-0.05, 0) is 19.1 Å². The predicted octanol–water partition coefficient (Wildman–Crippen LogP) is 0.460. The second-order valence-electron chi connectivity index (χ2n) is 5.06. The van der Waals surface area contributed by atoms with Gasteiger partial charge in [0, 0.05) is 17.8 Å². The Labute approximate surface area is 117 Å². The highest BCUT2D eigenvalue weighted by atomic mass is 16.5. The molecule has 0 bridgehead atoms. The number of aliphatic hydroxyl groups is 1. The molecule has 7 nitrogen and oxygen atoms in total. The Morgan fingerprint density at radius 3 is 2.60 bits per heavy atom. The molecule has 0 saturated carbocycles. The van der Waals surface area contributed by atoms with Gasteiger partial charge in [-0.15, -0.1) is 0 Å². The maximum atomic E-state index is 9.31. The molecule has 1 heterocycles. The third-order valence-corrected chi connectivity index (χ3v) is 3.05. The van der Waals surface area contributed by atoms with Gasteiger partial charge in [0.05, 0.1) is 18.0 Å². The van der Waals surface area contributed by atoms with Crippen molar-refractivity contribution in [2.24, 2.45) is 15.4 Å². The van der Waals surface area contributed by atoms with Gasteiger partial charge in [-0.25, -0.2) is 14.7 Å². The first-order valence-corrected chi connectivity index (χ1v) is 6.15. The summed E-state index contributed by atoms with van der Waals surface area (Å²) in [5.74, 6) is 0.164. The summed E-state index contributed by atoms with van der Waals surface area (Å²) < 4.78 is 0.894. The summed E-state index contributed by atoms with van der Waals surface area (Å²) in [6, 6.07) is 2.94. The highest BCUT2D eigenvalue weighted by molar-refractivity contribution is 5.82. The minimum atomic E-state index is -0.414. The van der Waals surface area contributed by atoms with Gasteiger partial charge in [0.25, 0.3) is 0 Å². The molecule has 1 atom stereocenters. The fourth-order valence-electron chi connectivity index (χ4n) is 1.24. The summed E-state index contributed by atoms with van der Waals surface area (Å²) in [6.07, 6.45) is 4.62. The minimum absolute atomic E-state index is 0.0205. The third-order valence-electron chi connectivity index (χ3n) is 3.05. The second kappa shape index (κ2) is 6.73. The monoisotopic (exact) mass is 277 g/mol. The number of aliphatic hydroxyl groups excluding tert-OH is 1. The Kier molecular flexibility index (Phi) is 5.29. The molecule has 1 rings (SSSR count). The molecular formula is C13H19N5O2. The van der Waals surface area contributed by atoms with E-state index in [4.69, 9.17) is 10.5 Å². The van der Waals surface area contributed by atoms with Crippen LogP contribution in [0.3, 0.4) is 0 Å². The Balaban J connectivity index is 3.09. The Bertz CT molecular complexity index is 563. The number of guanidine groups is 1. The van der Waals surface area contributed by atoms with Gasteiger partial charge in [0.1, 0.15) is 0 Å². The molecule has 0 aliphatic rings. The lowest BCUT2D eigenvalue weighted by atomic mass is 9.87. The fourth-order valence-corrected chi connectivity index (χ4v) is 1.24. The average molecular weight is 277 g/mol. The van der Waals surface area contributed by atoms with Crippen molar-refractivity contribution in [3.05, 3.63) is 29.9 Å². The summed E-state index contributed by atoms with van der Waals surface area (Å²) in [5, 5.41) is 30.1. The summed E-state index contributed by atoms with van der Waals surface area (Å²) >= 11 is 0. The lowest BCUT2D eigenvalue weighted by Gasteiger charge is -2.26. The molecule has 1 unspecified atom stereocenters. The normalized spacial score (nSPS) is 13.4. The zero-order valence-corrected chi connectivity index (χ0v) is 11.8. The number of nitrogens with one attached hydrogen (secondary N) is 1. The Hall–Kier alpha value is -2.33. The van der Waals surface area contributed by atoms with Crippen LogP contribution in [0.5, 0.6) is 0 Å². The number of hydrogen-bond donors (Lipinski definition) is 3. The number of aliphatic imine (C=N–C) groups is 1. The highest BCUT2D eigenvalue weighted by Crippen LogP contribution is 2.22. The molecule has 3 N–H and O–H groups in total. The first-order valence-electron chi connectivity index (χ1n) is 6.15. The molecule has 7 heteroatoms. The standard InChI is InChI=1S/C13H19N5O2/c1-10(13(2,3)8-19)16-12(15-9-14)17-11-4-6-18(20)7-5-11/h4-7,10,19-20H,8H2,1-3H3,(H,15,16). The molecule has 20 heavy (non-hydrogen) atoms. The molecule has 0 fully saturated rings. The molecule has 0 aromatic carbocycles. The Morgan fingerprint density at radius 1 is 1.50 bits per heavy atom. The van der Waals surface area contributed by atoms with E-state index in [0.29, 0.717) is 5.36 Å². The predicted molar refractivity (Wildman–Crippen MR) is 73.7 cm³/mol. The van der Waals surface area contributed by atoms with Crippen molar-refractivity contribution >= 4 is 5.96 Å². The summed E-state index contributed by atoms with van der Waals surface area (Å²) in [4.78, 5) is 8.50. The summed E-state index contributed by atoms with van der Waals surface area (Å²) in [5.41, 5.74) is -0.414. The number of aromatic nitrogens is 1. The van der Waals surface area contributed by atoms with Crippen LogP contribution in [0.1, 0.15) is 20.8 Å². The van der Waals surface area contributed by atoms with Crippen molar-refractivity contribution in [2.45, 2.75) is 26.8 Å². The fraction of sp³-hybridized carbons (Fsp3) is 0.462. The van der Waals surface area contributed by atoms with Crippen LogP contribution >= 0.6 is 0 Å². The molecule has 1 aromatic heterocycles. The largest absolute Gasteiger partial charge is 0.429 e. The van der Waals surface area contributed by atoms with E-state index < -0.39 is 5.41 Å². The van der Waals surface area contributed by atoms with Crippen molar-refractivity contribution in [1.82, 2.24) is 10.0 Å². The van der Waals surface area contributed by atoms with E-state index in [1.807, 2.05) is 20.8 Å². The number of nitriles is 1. The smallest absolute Gasteiger partial charge is 0.232 e. The maximum absolute atomic E-state index is 9.31. The lowest BCUT2D eigenvalue weighted by Crippen LogP contribution is -2.32. The molecule has 0 aliphatic carbocycles. The van der Waals surface area contributed by atoms with Crippen molar-refractivity contribution in [3.8, 4) is 6.19 Å². The van der Waals surface area contributed by atoms with Crippen LogP contribution in [0.2, 0.25) is 0 Å². The van der Waals surface area contributed by atoms with E-state index in [9.17, 15) is 5.11 Å². The van der Waals surface area contributed by atoms with Gasteiger partial charge in [-0.3, -0.25) is 5.32 Å². The van der Waals surface area contributed by atoms with Crippen LogP contribution in [0.4, 0.5) is 0 Å². The van der Waals surface area contributed by atoms with Gasteiger partial charge >= 0.3 is 0 Å². The zero-order valence-electron chi connectivity index (χ0n) is 11.8. The van der Waals surface area contributed by atoms with E-state index in [2.05, 4.69) is 15.3 Å². The van der Waals surface area contributed by atoms with Gasteiger partial charge in [-0.1, -0.05) is 13.8 Å². The van der Waals surface area contributed by atoms with E-state index >= 15 is 0 Å². The molecule has 0 saturated heterocycles. The van der Waals surface area contributed by atoms with Gasteiger partial charge in [-0.2, -0.15) is 5.26 Å². The number of hydrogen-bond acceptors (Lipinski definition) is 4. The van der Waals surface area contributed by atoms with Crippen molar-refractivity contribution < 1.29 is 10.3 Å². The van der Waals surface area contributed by atoms with Crippen LogP contribution < -0.4 is 10.7 Å². The highest BCUT2D eigenvalue weighted by Gasteiger charge is 2.25. The molecule has 108 valence electrons. The second-order valence-corrected chi connectivity index (χ2v) is 5.06. The van der Waals surface area contributed by atoms with E-state index in [0.717, 1.165) is 4.73 Å². The summed E-state index contributed by atoms with van der Waals surface area (Å²) in [6.45, 7) is 5.58. The van der Waals surface area contributed by atoms with E-state index in [-0.39, 0.29) is 18.6 Å².